The number of rotatable bonds is 3. The zero-order valence-corrected chi connectivity index (χ0v) is 15.9. The lowest BCUT2D eigenvalue weighted by molar-refractivity contribution is -0.0712. The van der Waals surface area contributed by atoms with Crippen molar-refractivity contribution in [1.29, 1.82) is 0 Å². The molecule has 2 amide bonds. The van der Waals surface area contributed by atoms with E-state index in [0.717, 1.165) is 55.8 Å². The quantitative estimate of drug-likeness (QED) is 0.913. The Kier molecular flexibility index (Phi) is 5.64. The van der Waals surface area contributed by atoms with E-state index >= 15 is 0 Å². The van der Waals surface area contributed by atoms with Gasteiger partial charge in [-0.15, -0.1) is 0 Å². The molecule has 2 heterocycles. The topological polar surface area (TPSA) is 44.8 Å². The molecule has 0 aromatic heterocycles. The molecule has 2 saturated heterocycles. The Hall–Kier alpha value is -1.59. The Bertz CT molecular complexity index is 609. The normalized spacial score (nSPS) is 27.5. The summed E-state index contributed by atoms with van der Waals surface area (Å²) < 4.78 is 5.82. The first-order chi connectivity index (χ1) is 11.9. The summed E-state index contributed by atoms with van der Waals surface area (Å²) >= 11 is 0. The summed E-state index contributed by atoms with van der Waals surface area (Å²) in [6.45, 7) is 12.0. The molecule has 1 aromatic rings. The van der Waals surface area contributed by atoms with Gasteiger partial charge in [0.15, 0.2) is 0 Å². The lowest BCUT2D eigenvalue weighted by Gasteiger charge is -2.38. The fraction of sp³-hybridized carbons (Fsp3) is 0.650. The molecule has 3 rings (SSSR count). The number of hydrogen-bond donors (Lipinski definition) is 1. The summed E-state index contributed by atoms with van der Waals surface area (Å²) in [7, 11) is 0. The van der Waals surface area contributed by atoms with Gasteiger partial charge in [0.2, 0.25) is 0 Å². The second-order valence-electron chi connectivity index (χ2n) is 7.71. The highest BCUT2D eigenvalue weighted by Gasteiger charge is 2.32. The van der Waals surface area contributed by atoms with Crippen molar-refractivity contribution in [3.8, 4) is 0 Å². The van der Waals surface area contributed by atoms with E-state index in [2.05, 4.69) is 43.1 Å². The molecule has 25 heavy (non-hydrogen) atoms. The lowest BCUT2D eigenvalue weighted by Crippen LogP contribution is -2.51. The molecular weight excluding hydrogens is 314 g/mol. The van der Waals surface area contributed by atoms with Crippen molar-refractivity contribution < 1.29 is 9.53 Å². The van der Waals surface area contributed by atoms with Crippen LogP contribution in [-0.4, -0.2) is 60.3 Å². The van der Waals surface area contributed by atoms with Gasteiger partial charge in [0.05, 0.1) is 12.2 Å². The molecule has 0 spiro atoms. The number of nitrogens with one attached hydrogen (secondary N) is 1. The molecule has 0 bridgehead atoms. The van der Waals surface area contributed by atoms with E-state index in [1.807, 2.05) is 17.9 Å². The maximum atomic E-state index is 12.8. The zero-order chi connectivity index (χ0) is 18.0. The molecule has 0 saturated carbocycles. The molecule has 0 aliphatic carbocycles. The van der Waals surface area contributed by atoms with Crippen LogP contribution in [0.1, 0.15) is 37.8 Å². The van der Waals surface area contributed by atoms with E-state index in [1.165, 1.54) is 0 Å². The van der Waals surface area contributed by atoms with Crippen LogP contribution in [0.4, 0.5) is 10.5 Å². The van der Waals surface area contributed by atoms with Gasteiger partial charge in [-0.1, -0.05) is 12.1 Å². The first-order valence-corrected chi connectivity index (χ1v) is 9.45. The van der Waals surface area contributed by atoms with Gasteiger partial charge in [-0.2, -0.15) is 0 Å². The summed E-state index contributed by atoms with van der Waals surface area (Å²) in [5, 5.41) is 3.12. The monoisotopic (exact) mass is 345 g/mol. The van der Waals surface area contributed by atoms with Crippen molar-refractivity contribution >= 4 is 11.7 Å². The highest BCUT2D eigenvalue weighted by molar-refractivity contribution is 5.90. The summed E-state index contributed by atoms with van der Waals surface area (Å²) in [6.07, 6.45) is 2.70. The number of likely N-dealkylation sites (tertiary alicyclic amines) is 1. The largest absolute Gasteiger partial charge is 0.373 e. The number of benzene rings is 1. The summed E-state index contributed by atoms with van der Waals surface area (Å²) in [4.78, 5) is 17.3. The number of hydrogen-bond acceptors (Lipinski definition) is 3. The summed E-state index contributed by atoms with van der Waals surface area (Å²) in [5.41, 5.74) is 3.19. The number of nitrogens with zero attached hydrogens (tertiary/aromatic N) is 2. The molecule has 0 unspecified atom stereocenters. The van der Waals surface area contributed by atoms with Crippen LogP contribution in [0.25, 0.3) is 0 Å². The van der Waals surface area contributed by atoms with Gasteiger partial charge in [0.1, 0.15) is 0 Å². The first-order valence-electron chi connectivity index (χ1n) is 9.45. The Morgan fingerprint density at radius 1 is 1.24 bits per heavy atom. The summed E-state index contributed by atoms with van der Waals surface area (Å²) in [5.74, 6) is 0. The SMILES string of the molecule is Cc1ccc(C)c(NC(=O)N2CCC[C@@H]2CN2C[C@@H](C)O[C@H](C)C2)c1. The van der Waals surface area contributed by atoms with Gasteiger partial charge >= 0.3 is 6.03 Å². The Morgan fingerprint density at radius 2 is 1.96 bits per heavy atom. The number of carbonyl (C=O) groups excluding carboxylic acids is 1. The molecule has 1 aromatic carbocycles. The van der Waals surface area contributed by atoms with Crippen molar-refractivity contribution in [1.82, 2.24) is 9.80 Å². The number of amides is 2. The van der Waals surface area contributed by atoms with Crippen LogP contribution >= 0.6 is 0 Å². The standard InChI is InChI=1S/C20H31N3O2/c1-14-7-8-15(2)19(10-14)21-20(24)23-9-5-6-18(23)13-22-11-16(3)25-17(4)12-22/h7-8,10,16-18H,5-6,9,11-13H2,1-4H3,(H,21,24)/t16-,17-,18-/m1/s1. The second-order valence-corrected chi connectivity index (χ2v) is 7.71. The molecule has 0 radical (unpaired) electrons. The van der Waals surface area contributed by atoms with Crippen molar-refractivity contribution in [3.05, 3.63) is 29.3 Å². The maximum Gasteiger partial charge on any atom is 0.322 e. The van der Waals surface area contributed by atoms with Gasteiger partial charge in [-0.05, 0) is 57.7 Å². The molecule has 5 heteroatoms. The Morgan fingerprint density at radius 3 is 2.68 bits per heavy atom. The third-order valence-corrected chi connectivity index (χ3v) is 5.24. The van der Waals surface area contributed by atoms with Crippen LogP contribution in [0.15, 0.2) is 18.2 Å². The van der Waals surface area contributed by atoms with Crippen LogP contribution in [0.5, 0.6) is 0 Å². The number of aryl methyl sites for hydroxylation is 2. The molecule has 138 valence electrons. The highest BCUT2D eigenvalue weighted by Crippen LogP contribution is 2.23. The molecule has 2 aliphatic rings. The number of anilines is 1. The molecule has 2 fully saturated rings. The van der Waals surface area contributed by atoms with Crippen molar-refractivity contribution in [3.63, 3.8) is 0 Å². The smallest absolute Gasteiger partial charge is 0.322 e. The van der Waals surface area contributed by atoms with E-state index in [4.69, 9.17) is 4.74 Å². The fourth-order valence-electron chi connectivity index (χ4n) is 4.08. The van der Waals surface area contributed by atoms with Gasteiger partial charge in [0.25, 0.3) is 0 Å². The van der Waals surface area contributed by atoms with Crippen LogP contribution < -0.4 is 5.32 Å². The number of urea groups is 1. The van der Waals surface area contributed by atoms with Crippen LogP contribution in [0, 0.1) is 13.8 Å². The number of morpholine rings is 1. The Balaban J connectivity index is 1.62. The fourth-order valence-corrected chi connectivity index (χ4v) is 4.08. The first kappa shape index (κ1) is 18.2. The van der Waals surface area contributed by atoms with Crippen molar-refractivity contribution in [2.24, 2.45) is 0 Å². The average Bonchev–Trinajstić information content (AvgIpc) is 2.98. The molecule has 1 N–H and O–H groups in total. The molecule has 3 atom stereocenters. The molecular formula is C20H31N3O2. The predicted molar refractivity (Wildman–Crippen MR) is 101 cm³/mol. The average molecular weight is 345 g/mol. The van der Waals surface area contributed by atoms with Crippen molar-refractivity contribution in [2.45, 2.75) is 58.8 Å². The number of carbonyl (C=O) groups is 1. The molecule has 2 aliphatic heterocycles. The number of ether oxygens (including phenoxy) is 1. The van der Waals surface area contributed by atoms with E-state index in [1.54, 1.807) is 0 Å². The van der Waals surface area contributed by atoms with Crippen LogP contribution in [0.2, 0.25) is 0 Å². The van der Waals surface area contributed by atoms with Gasteiger partial charge in [-0.3, -0.25) is 4.90 Å². The third kappa shape index (κ3) is 4.53. The van der Waals surface area contributed by atoms with Crippen molar-refractivity contribution in [2.75, 3.05) is 31.5 Å². The lowest BCUT2D eigenvalue weighted by atomic mass is 10.1. The maximum absolute atomic E-state index is 12.8. The predicted octanol–water partition coefficient (Wildman–Crippen LogP) is 3.41. The highest BCUT2D eigenvalue weighted by atomic mass is 16.5. The van der Waals surface area contributed by atoms with E-state index < -0.39 is 0 Å². The van der Waals surface area contributed by atoms with Crippen LogP contribution in [0.3, 0.4) is 0 Å². The molecule has 5 nitrogen and oxygen atoms in total. The van der Waals surface area contributed by atoms with Crippen LogP contribution in [-0.2, 0) is 4.74 Å². The van der Waals surface area contributed by atoms with E-state index in [-0.39, 0.29) is 18.2 Å². The minimum Gasteiger partial charge on any atom is -0.373 e. The van der Waals surface area contributed by atoms with E-state index in [9.17, 15) is 4.79 Å². The second kappa shape index (κ2) is 7.75. The third-order valence-electron chi connectivity index (χ3n) is 5.24. The minimum absolute atomic E-state index is 0.0329. The van der Waals surface area contributed by atoms with Gasteiger partial charge < -0.3 is 15.0 Å². The van der Waals surface area contributed by atoms with Gasteiger partial charge in [0, 0.05) is 37.9 Å². The Labute approximate surface area is 151 Å². The minimum atomic E-state index is 0.0329. The van der Waals surface area contributed by atoms with Gasteiger partial charge in [-0.25, -0.2) is 4.79 Å². The zero-order valence-electron chi connectivity index (χ0n) is 15.9. The summed E-state index contributed by atoms with van der Waals surface area (Å²) in [6, 6.07) is 6.50. The van der Waals surface area contributed by atoms with E-state index in [0.29, 0.717) is 6.04 Å².